The second kappa shape index (κ2) is 3.25. The standard InChI is InChI=1S/C11H21NO/c1-11(2)5-10(7-13)12(8-11)6-9-3-4-9/h9-10,13H,3-8H2,1-2H3. The Morgan fingerprint density at radius 3 is 2.62 bits per heavy atom. The first kappa shape index (κ1) is 9.47. The molecule has 1 unspecified atom stereocenters. The third-order valence-electron chi connectivity index (χ3n) is 3.34. The minimum Gasteiger partial charge on any atom is -0.395 e. The molecule has 0 spiro atoms. The van der Waals surface area contributed by atoms with E-state index in [1.54, 1.807) is 0 Å². The monoisotopic (exact) mass is 183 g/mol. The fourth-order valence-electron chi connectivity index (χ4n) is 2.54. The number of rotatable bonds is 3. The van der Waals surface area contributed by atoms with Gasteiger partial charge >= 0.3 is 0 Å². The van der Waals surface area contributed by atoms with Gasteiger partial charge in [0.05, 0.1) is 6.61 Å². The molecule has 13 heavy (non-hydrogen) atoms. The molecule has 1 N–H and O–H groups in total. The minimum atomic E-state index is 0.343. The maximum absolute atomic E-state index is 9.26. The molecule has 2 heteroatoms. The average molecular weight is 183 g/mol. The molecule has 0 amide bonds. The molecule has 1 saturated heterocycles. The van der Waals surface area contributed by atoms with E-state index in [2.05, 4.69) is 18.7 Å². The highest BCUT2D eigenvalue weighted by Crippen LogP contribution is 2.37. The number of nitrogens with zero attached hydrogens (tertiary/aromatic N) is 1. The molecule has 0 bridgehead atoms. The molecule has 1 aliphatic carbocycles. The molecule has 2 fully saturated rings. The zero-order chi connectivity index (χ0) is 9.47. The molecular formula is C11H21NO. The van der Waals surface area contributed by atoms with Crippen LogP contribution in [0.25, 0.3) is 0 Å². The van der Waals surface area contributed by atoms with Gasteiger partial charge < -0.3 is 5.11 Å². The summed E-state index contributed by atoms with van der Waals surface area (Å²) in [6.45, 7) is 7.37. The highest BCUT2D eigenvalue weighted by molar-refractivity contribution is 4.92. The van der Waals surface area contributed by atoms with Crippen LogP contribution in [0.15, 0.2) is 0 Å². The number of hydrogen-bond acceptors (Lipinski definition) is 2. The maximum Gasteiger partial charge on any atom is 0.0587 e. The maximum atomic E-state index is 9.26. The molecule has 2 rings (SSSR count). The van der Waals surface area contributed by atoms with Gasteiger partial charge in [0.2, 0.25) is 0 Å². The van der Waals surface area contributed by atoms with Gasteiger partial charge in [-0.05, 0) is 30.6 Å². The van der Waals surface area contributed by atoms with Crippen LogP contribution in [0.2, 0.25) is 0 Å². The summed E-state index contributed by atoms with van der Waals surface area (Å²) in [5.41, 5.74) is 0.419. The first-order valence-electron chi connectivity index (χ1n) is 5.46. The van der Waals surface area contributed by atoms with Crippen LogP contribution < -0.4 is 0 Å². The van der Waals surface area contributed by atoms with Crippen molar-refractivity contribution in [1.82, 2.24) is 4.90 Å². The zero-order valence-electron chi connectivity index (χ0n) is 8.79. The quantitative estimate of drug-likeness (QED) is 0.716. The summed E-state index contributed by atoms with van der Waals surface area (Å²) in [6.07, 6.45) is 3.99. The van der Waals surface area contributed by atoms with Crippen molar-refractivity contribution < 1.29 is 5.11 Å². The predicted molar refractivity (Wildman–Crippen MR) is 53.6 cm³/mol. The van der Waals surface area contributed by atoms with E-state index >= 15 is 0 Å². The van der Waals surface area contributed by atoms with Gasteiger partial charge in [-0.1, -0.05) is 13.8 Å². The summed E-state index contributed by atoms with van der Waals surface area (Å²) in [7, 11) is 0. The second-order valence-electron chi connectivity index (χ2n) is 5.58. The van der Waals surface area contributed by atoms with E-state index in [0.717, 1.165) is 12.3 Å². The van der Waals surface area contributed by atoms with E-state index in [4.69, 9.17) is 0 Å². The third-order valence-corrected chi connectivity index (χ3v) is 3.34. The van der Waals surface area contributed by atoms with Crippen molar-refractivity contribution in [2.45, 2.75) is 39.2 Å². The highest BCUT2D eigenvalue weighted by Gasteiger charge is 2.39. The van der Waals surface area contributed by atoms with Gasteiger partial charge in [0.25, 0.3) is 0 Å². The molecule has 2 nitrogen and oxygen atoms in total. The van der Waals surface area contributed by atoms with Crippen molar-refractivity contribution in [3.63, 3.8) is 0 Å². The smallest absolute Gasteiger partial charge is 0.0587 e. The Bertz CT molecular complexity index is 187. The molecule has 0 radical (unpaired) electrons. The van der Waals surface area contributed by atoms with Gasteiger partial charge in [0.15, 0.2) is 0 Å². The molecule has 1 aliphatic heterocycles. The topological polar surface area (TPSA) is 23.5 Å². The van der Waals surface area contributed by atoms with Crippen LogP contribution in [0.5, 0.6) is 0 Å². The zero-order valence-corrected chi connectivity index (χ0v) is 8.79. The van der Waals surface area contributed by atoms with E-state index in [9.17, 15) is 5.11 Å². The summed E-state index contributed by atoms with van der Waals surface area (Å²) >= 11 is 0. The normalized spacial score (nSPS) is 33.9. The first-order valence-corrected chi connectivity index (χ1v) is 5.46. The van der Waals surface area contributed by atoms with Crippen molar-refractivity contribution in [1.29, 1.82) is 0 Å². The lowest BCUT2D eigenvalue weighted by atomic mass is 9.91. The molecule has 0 aromatic rings. The van der Waals surface area contributed by atoms with E-state index in [1.807, 2.05) is 0 Å². The van der Waals surface area contributed by atoms with Crippen molar-refractivity contribution >= 4 is 0 Å². The molecular weight excluding hydrogens is 162 g/mol. The Morgan fingerprint density at radius 2 is 2.08 bits per heavy atom. The average Bonchev–Trinajstić information content (AvgIpc) is 2.77. The lowest BCUT2D eigenvalue weighted by Gasteiger charge is -2.22. The Labute approximate surface area is 80.9 Å². The van der Waals surface area contributed by atoms with Crippen LogP contribution in [-0.2, 0) is 0 Å². The van der Waals surface area contributed by atoms with Crippen molar-refractivity contribution in [3.05, 3.63) is 0 Å². The largest absolute Gasteiger partial charge is 0.395 e. The summed E-state index contributed by atoms with van der Waals surface area (Å²) in [4.78, 5) is 2.50. The summed E-state index contributed by atoms with van der Waals surface area (Å²) in [5.74, 6) is 0.947. The fourth-order valence-corrected chi connectivity index (χ4v) is 2.54. The van der Waals surface area contributed by atoms with E-state index < -0.39 is 0 Å². The second-order valence-corrected chi connectivity index (χ2v) is 5.58. The van der Waals surface area contributed by atoms with Gasteiger partial charge in [0.1, 0.15) is 0 Å². The molecule has 76 valence electrons. The molecule has 1 saturated carbocycles. The Morgan fingerprint density at radius 1 is 1.38 bits per heavy atom. The lowest BCUT2D eigenvalue weighted by Crippen LogP contribution is -2.34. The summed E-state index contributed by atoms with van der Waals surface area (Å²) in [5, 5.41) is 9.26. The number of aliphatic hydroxyl groups excluding tert-OH is 1. The van der Waals surface area contributed by atoms with Crippen LogP contribution in [0.3, 0.4) is 0 Å². The molecule has 1 heterocycles. The molecule has 0 aromatic carbocycles. The van der Waals surface area contributed by atoms with Crippen LogP contribution in [0.4, 0.5) is 0 Å². The third kappa shape index (κ3) is 2.23. The number of likely N-dealkylation sites (tertiary alicyclic amines) is 1. The Hall–Kier alpha value is -0.0800. The predicted octanol–water partition coefficient (Wildman–Crippen LogP) is 1.49. The van der Waals surface area contributed by atoms with Gasteiger partial charge in [-0.3, -0.25) is 4.90 Å². The van der Waals surface area contributed by atoms with Crippen molar-refractivity contribution in [3.8, 4) is 0 Å². The van der Waals surface area contributed by atoms with Gasteiger partial charge in [-0.2, -0.15) is 0 Å². The van der Waals surface area contributed by atoms with Crippen LogP contribution in [0, 0.1) is 11.3 Å². The first-order chi connectivity index (χ1) is 6.11. The number of aliphatic hydroxyl groups is 1. The minimum absolute atomic E-state index is 0.343. The van der Waals surface area contributed by atoms with E-state index in [-0.39, 0.29) is 0 Å². The van der Waals surface area contributed by atoms with Crippen LogP contribution in [0.1, 0.15) is 33.1 Å². The van der Waals surface area contributed by atoms with Gasteiger partial charge in [0, 0.05) is 19.1 Å². The van der Waals surface area contributed by atoms with E-state index in [1.165, 1.54) is 25.9 Å². The summed E-state index contributed by atoms with van der Waals surface area (Å²) in [6, 6.07) is 0.440. The van der Waals surface area contributed by atoms with Crippen LogP contribution in [-0.4, -0.2) is 35.7 Å². The SMILES string of the molecule is CC1(C)CC(CO)N(CC2CC2)C1. The van der Waals surface area contributed by atoms with Crippen molar-refractivity contribution in [2.75, 3.05) is 19.7 Å². The molecule has 2 aliphatic rings. The molecule has 0 aromatic heterocycles. The van der Waals surface area contributed by atoms with Crippen LogP contribution >= 0.6 is 0 Å². The van der Waals surface area contributed by atoms with Gasteiger partial charge in [-0.25, -0.2) is 0 Å². The fraction of sp³-hybridized carbons (Fsp3) is 1.00. The van der Waals surface area contributed by atoms with E-state index in [0.29, 0.717) is 18.1 Å². The Kier molecular flexibility index (Phi) is 2.37. The Balaban J connectivity index is 1.92. The number of hydrogen-bond donors (Lipinski definition) is 1. The highest BCUT2D eigenvalue weighted by atomic mass is 16.3. The lowest BCUT2D eigenvalue weighted by molar-refractivity contribution is 0.154. The van der Waals surface area contributed by atoms with Crippen molar-refractivity contribution in [2.24, 2.45) is 11.3 Å². The van der Waals surface area contributed by atoms with Gasteiger partial charge in [-0.15, -0.1) is 0 Å². The summed E-state index contributed by atoms with van der Waals surface area (Å²) < 4.78 is 0. The molecule has 1 atom stereocenters.